The van der Waals surface area contributed by atoms with Crippen molar-refractivity contribution in [3.63, 3.8) is 0 Å². The molecule has 6 aromatic rings. The van der Waals surface area contributed by atoms with E-state index in [1.165, 1.54) is 24.9 Å². The van der Waals surface area contributed by atoms with Gasteiger partial charge in [0.25, 0.3) is 0 Å². The van der Waals surface area contributed by atoms with Crippen LogP contribution in [0.25, 0.3) is 41.0 Å². The normalized spacial score (nSPS) is 11.4. The molecule has 138 valence electrons. The van der Waals surface area contributed by atoms with Gasteiger partial charge in [0, 0.05) is 37.1 Å². The molecule has 29 heavy (non-hydrogen) atoms. The number of aromatic nitrogens is 1. The first kappa shape index (κ1) is 16.7. The average molecular weight is 409 g/mol. The molecule has 0 saturated heterocycles. The van der Waals surface area contributed by atoms with E-state index in [9.17, 15) is 0 Å². The molecular formula is C25H16N2S2. The van der Waals surface area contributed by atoms with Gasteiger partial charge in [-0.3, -0.25) is 0 Å². The van der Waals surface area contributed by atoms with Gasteiger partial charge in [0.05, 0.1) is 10.2 Å². The molecule has 0 amide bonds. The van der Waals surface area contributed by atoms with Crippen molar-refractivity contribution in [3.8, 4) is 10.6 Å². The summed E-state index contributed by atoms with van der Waals surface area (Å²) in [7, 11) is 0. The largest absolute Gasteiger partial charge is 0.355 e. The highest BCUT2D eigenvalue weighted by atomic mass is 32.1. The van der Waals surface area contributed by atoms with Gasteiger partial charge in [-0.15, -0.1) is 22.7 Å². The number of thiophene rings is 1. The minimum atomic E-state index is 1.05. The van der Waals surface area contributed by atoms with Gasteiger partial charge >= 0.3 is 0 Å². The summed E-state index contributed by atoms with van der Waals surface area (Å²) >= 11 is 3.58. The molecule has 1 N–H and O–H groups in total. The van der Waals surface area contributed by atoms with Gasteiger partial charge in [-0.1, -0.05) is 42.5 Å². The Hall–Kier alpha value is -3.21. The maximum absolute atomic E-state index is 4.79. The lowest BCUT2D eigenvalue weighted by atomic mass is 10.1. The molecule has 0 saturated carbocycles. The van der Waals surface area contributed by atoms with Crippen LogP contribution in [0.15, 0.2) is 91.0 Å². The van der Waals surface area contributed by atoms with Crippen molar-refractivity contribution >= 4 is 64.4 Å². The maximum atomic E-state index is 4.79. The molecule has 0 atom stereocenters. The molecule has 0 unspecified atom stereocenters. The highest BCUT2D eigenvalue weighted by molar-refractivity contribution is 7.25. The van der Waals surface area contributed by atoms with Crippen LogP contribution in [0, 0.1) is 0 Å². The quantitative estimate of drug-likeness (QED) is 0.320. The molecule has 0 spiro atoms. The summed E-state index contributed by atoms with van der Waals surface area (Å²) < 4.78 is 3.87. The van der Waals surface area contributed by atoms with Gasteiger partial charge < -0.3 is 5.32 Å². The third kappa shape index (κ3) is 2.97. The number of thiazole rings is 1. The maximum Gasteiger partial charge on any atom is 0.124 e. The minimum Gasteiger partial charge on any atom is -0.355 e. The molecule has 0 aliphatic carbocycles. The third-order valence-electron chi connectivity index (χ3n) is 5.07. The van der Waals surface area contributed by atoms with Gasteiger partial charge in [0.15, 0.2) is 0 Å². The van der Waals surface area contributed by atoms with Crippen molar-refractivity contribution in [2.24, 2.45) is 0 Å². The molecule has 2 heterocycles. The standard InChI is InChI=1S/C25H16N2S2/c1-3-10-22-19(8-1)20-15-18(12-13-23(20)28-22)26-17-7-5-6-16(14-17)25-27-21-9-2-4-11-24(21)29-25/h1-15,26H. The van der Waals surface area contributed by atoms with Crippen LogP contribution in [0.2, 0.25) is 0 Å². The Balaban J connectivity index is 1.37. The Morgan fingerprint density at radius 2 is 1.38 bits per heavy atom. The van der Waals surface area contributed by atoms with Gasteiger partial charge in [-0.05, 0) is 48.5 Å². The van der Waals surface area contributed by atoms with Crippen molar-refractivity contribution in [2.75, 3.05) is 5.32 Å². The van der Waals surface area contributed by atoms with E-state index in [4.69, 9.17) is 4.98 Å². The van der Waals surface area contributed by atoms with Crippen LogP contribution in [0.4, 0.5) is 11.4 Å². The van der Waals surface area contributed by atoms with Crippen LogP contribution in [0.5, 0.6) is 0 Å². The van der Waals surface area contributed by atoms with E-state index in [-0.39, 0.29) is 0 Å². The first-order chi connectivity index (χ1) is 14.3. The van der Waals surface area contributed by atoms with E-state index in [2.05, 4.69) is 90.2 Å². The van der Waals surface area contributed by atoms with E-state index in [0.29, 0.717) is 0 Å². The molecule has 0 bridgehead atoms. The van der Waals surface area contributed by atoms with Crippen LogP contribution >= 0.6 is 22.7 Å². The molecule has 4 heteroatoms. The molecule has 0 fully saturated rings. The minimum absolute atomic E-state index is 1.05. The highest BCUT2D eigenvalue weighted by Gasteiger charge is 2.08. The topological polar surface area (TPSA) is 24.9 Å². The molecule has 2 aromatic heterocycles. The van der Waals surface area contributed by atoms with E-state index in [1.54, 1.807) is 11.3 Å². The summed E-state index contributed by atoms with van der Waals surface area (Å²) in [5.41, 5.74) is 4.36. The number of hydrogen-bond donors (Lipinski definition) is 1. The summed E-state index contributed by atoms with van der Waals surface area (Å²) in [6.07, 6.45) is 0. The summed E-state index contributed by atoms with van der Waals surface area (Å²) in [6, 6.07) is 32.0. The summed E-state index contributed by atoms with van der Waals surface area (Å²) in [5, 5.41) is 7.25. The molecule has 6 rings (SSSR count). The van der Waals surface area contributed by atoms with Crippen LogP contribution in [0.3, 0.4) is 0 Å². The molecule has 0 aliphatic heterocycles. The van der Waals surface area contributed by atoms with E-state index >= 15 is 0 Å². The second kappa shape index (κ2) is 6.69. The zero-order chi connectivity index (χ0) is 19.2. The van der Waals surface area contributed by atoms with Crippen molar-refractivity contribution in [2.45, 2.75) is 0 Å². The van der Waals surface area contributed by atoms with Gasteiger partial charge in [0.2, 0.25) is 0 Å². The fraction of sp³-hybridized carbons (Fsp3) is 0. The summed E-state index contributed by atoms with van der Waals surface area (Å²) in [4.78, 5) is 4.79. The van der Waals surface area contributed by atoms with Gasteiger partial charge in [-0.2, -0.15) is 0 Å². The lowest BCUT2D eigenvalue weighted by molar-refractivity contribution is 1.47. The first-order valence-electron chi connectivity index (χ1n) is 9.48. The third-order valence-corrected chi connectivity index (χ3v) is 7.31. The van der Waals surface area contributed by atoms with Crippen LogP contribution in [-0.2, 0) is 0 Å². The Labute approximate surface area is 176 Å². The summed E-state index contributed by atoms with van der Waals surface area (Å²) in [6.45, 7) is 0. The zero-order valence-corrected chi connectivity index (χ0v) is 17.1. The number of fused-ring (bicyclic) bond motifs is 4. The lowest BCUT2D eigenvalue weighted by Crippen LogP contribution is -1.90. The average Bonchev–Trinajstić information content (AvgIpc) is 3.35. The van der Waals surface area contributed by atoms with Crippen LogP contribution in [0.1, 0.15) is 0 Å². The monoisotopic (exact) mass is 408 g/mol. The number of benzene rings is 4. The Kier molecular flexibility index (Phi) is 3.86. The Bertz CT molecular complexity index is 1460. The number of hydrogen-bond acceptors (Lipinski definition) is 4. The number of rotatable bonds is 3. The molecule has 0 aliphatic rings. The Morgan fingerprint density at radius 1 is 0.586 bits per heavy atom. The Morgan fingerprint density at radius 3 is 2.31 bits per heavy atom. The zero-order valence-electron chi connectivity index (χ0n) is 15.4. The van der Waals surface area contributed by atoms with Crippen LogP contribution in [-0.4, -0.2) is 4.98 Å². The van der Waals surface area contributed by atoms with E-state index in [0.717, 1.165) is 27.5 Å². The van der Waals surface area contributed by atoms with E-state index < -0.39 is 0 Å². The predicted octanol–water partition coefficient (Wildman–Crippen LogP) is 8.07. The number of nitrogens with one attached hydrogen (secondary N) is 1. The van der Waals surface area contributed by atoms with Crippen molar-refractivity contribution in [3.05, 3.63) is 91.0 Å². The van der Waals surface area contributed by atoms with Crippen molar-refractivity contribution in [1.82, 2.24) is 4.98 Å². The van der Waals surface area contributed by atoms with E-state index in [1.807, 2.05) is 17.4 Å². The SMILES string of the molecule is c1cc(Nc2ccc3sc4ccccc4c3c2)cc(-c2nc3ccccc3s2)c1. The molecule has 2 nitrogen and oxygen atoms in total. The first-order valence-corrected chi connectivity index (χ1v) is 11.1. The summed E-state index contributed by atoms with van der Waals surface area (Å²) in [5.74, 6) is 0. The van der Waals surface area contributed by atoms with Gasteiger partial charge in [0.1, 0.15) is 5.01 Å². The van der Waals surface area contributed by atoms with Gasteiger partial charge in [-0.25, -0.2) is 4.98 Å². The second-order valence-corrected chi connectivity index (χ2v) is 9.12. The fourth-order valence-electron chi connectivity index (χ4n) is 3.70. The molecular weight excluding hydrogens is 392 g/mol. The fourth-order valence-corrected chi connectivity index (χ4v) is 5.74. The number of para-hydroxylation sites is 1. The second-order valence-electron chi connectivity index (χ2n) is 7.00. The van der Waals surface area contributed by atoms with Crippen molar-refractivity contribution < 1.29 is 0 Å². The number of nitrogens with zero attached hydrogens (tertiary/aromatic N) is 1. The predicted molar refractivity (Wildman–Crippen MR) is 128 cm³/mol. The highest BCUT2D eigenvalue weighted by Crippen LogP contribution is 2.36. The number of anilines is 2. The van der Waals surface area contributed by atoms with Crippen molar-refractivity contribution in [1.29, 1.82) is 0 Å². The molecule has 0 radical (unpaired) electrons. The van der Waals surface area contributed by atoms with Crippen LogP contribution < -0.4 is 5.32 Å². The molecule has 4 aromatic carbocycles. The smallest absolute Gasteiger partial charge is 0.124 e. The lowest BCUT2D eigenvalue weighted by Gasteiger charge is -2.08.